The maximum Gasteiger partial charge on any atom is 0.185 e. The summed E-state index contributed by atoms with van der Waals surface area (Å²) < 4.78 is 0. The SMILES string of the molecule is Cc1c(CC/C=C/C(=O)c2ccccc2)[nH]c2ccccc12. The van der Waals surface area contributed by atoms with E-state index in [9.17, 15) is 4.79 Å². The summed E-state index contributed by atoms with van der Waals surface area (Å²) in [5.41, 5.74) is 4.47. The van der Waals surface area contributed by atoms with Gasteiger partial charge in [-0.15, -0.1) is 0 Å². The minimum absolute atomic E-state index is 0.0639. The third-order valence-corrected chi connectivity index (χ3v) is 3.96. The summed E-state index contributed by atoms with van der Waals surface area (Å²) in [4.78, 5) is 15.4. The monoisotopic (exact) mass is 289 g/mol. The molecule has 3 rings (SSSR count). The predicted molar refractivity (Wildman–Crippen MR) is 91.3 cm³/mol. The van der Waals surface area contributed by atoms with Crippen LogP contribution in [0.15, 0.2) is 66.7 Å². The van der Waals surface area contributed by atoms with Crippen LogP contribution in [0.4, 0.5) is 0 Å². The number of rotatable bonds is 5. The van der Waals surface area contributed by atoms with E-state index in [2.05, 4.69) is 30.1 Å². The second-order valence-electron chi connectivity index (χ2n) is 5.45. The molecule has 3 aromatic rings. The maximum absolute atomic E-state index is 12.0. The molecular formula is C20H19NO. The molecule has 0 aliphatic carbocycles. The molecule has 2 aromatic carbocycles. The van der Waals surface area contributed by atoms with E-state index in [0.29, 0.717) is 0 Å². The zero-order valence-electron chi connectivity index (χ0n) is 12.7. The van der Waals surface area contributed by atoms with E-state index in [-0.39, 0.29) is 5.78 Å². The molecule has 1 aromatic heterocycles. The van der Waals surface area contributed by atoms with Gasteiger partial charge >= 0.3 is 0 Å². The summed E-state index contributed by atoms with van der Waals surface area (Å²) in [5.74, 6) is 0.0639. The largest absolute Gasteiger partial charge is 0.358 e. The van der Waals surface area contributed by atoms with Crippen molar-refractivity contribution in [3.8, 4) is 0 Å². The summed E-state index contributed by atoms with van der Waals surface area (Å²) in [5, 5.41) is 1.28. The van der Waals surface area contributed by atoms with E-state index in [1.54, 1.807) is 6.08 Å². The lowest BCUT2D eigenvalue weighted by atomic mass is 10.1. The number of hydrogen-bond donors (Lipinski definition) is 1. The molecule has 1 heterocycles. The summed E-state index contributed by atoms with van der Waals surface area (Å²) in [7, 11) is 0. The molecular weight excluding hydrogens is 270 g/mol. The number of para-hydroxylation sites is 1. The van der Waals surface area contributed by atoms with Crippen molar-refractivity contribution in [1.82, 2.24) is 4.98 Å². The molecule has 0 fully saturated rings. The van der Waals surface area contributed by atoms with Crippen LogP contribution < -0.4 is 0 Å². The average molecular weight is 289 g/mol. The van der Waals surface area contributed by atoms with E-state index in [1.807, 2.05) is 42.5 Å². The zero-order chi connectivity index (χ0) is 15.4. The first-order valence-electron chi connectivity index (χ1n) is 7.58. The third kappa shape index (κ3) is 3.01. The molecule has 0 spiro atoms. The van der Waals surface area contributed by atoms with E-state index in [1.165, 1.54) is 22.2 Å². The number of H-pyrrole nitrogens is 1. The minimum atomic E-state index is 0.0639. The van der Waals surface area contributed by atoms with E-state index in [0.717, 1.165) is 18.4 Å². The molecule has 2 heteroatoms. The highest BCUT2D eigenvalue weighted by Crippen LogP contribution is 2.22. The molecule has 0 amide bonds. The Bertz CT molecular complexity index is 812. The molecule has 22 heavy (non-hydrogen) atoms. The molecule has 0 saturated carbocycles. The lowest BCUT2D eigenvalue weighted by Gasteiger charge is -1.97. The molecule has 0 atom stereocenters. The molecule has 0 aliphatic heterocycles. The Morgan fingerprint density at radius 2 is 1.77 bits per heavy atom. The summed E-state index contributed by atoms with van der Waals surface area (Å²) in [6.45, 7) is 2.15. The maximum atomic E-state index is 12.0. The van der Waals surface area contributed by atoms with Crippen LogP contribution in [0.5, 0.6) is 0 Å². The van der Waals surface area contributed by atoms with Gasteiger partial charge in [-0.3, -0.25) is 4.79 Å². The number of benzene rings is 2. The summed E-state index contributed by atoms with van der Waals surface area (Å²) >= 11 is 0. The van der Waals surface area contributed by atoms with Crippen LogP contribution in [0.2, 0.25) is 0 Å². The lowest BCUT2D eigenvalue weighted by molar-refractivity contribution is 0.104. The highest BCUT2D eigenvalue weighted by molar-refractivity contribution is 6.04. The van der Waals surface area contributed by atoms with Crippen LogP contribution in [-0.4, -0.2) is 10.8 Å². The number of aryl methyl sites for hydroxylation is 2. The van der Waals surface area contributed by atoms with Gasteiger partial charge in [-0.1, -0.05) is 54.6 Å². The highest BCUT2D eigenvalue weighted by atomic mass is 16.1. The first kappa shape index (κ1) is 14.3. The van der Waals surface area contributed by atoms with Crippen LogP contribution in [-0.2, 0) is 6.42 Å². The van der Waals surface area contributed by atoms with Crippen molar-refractivity contribution in [3.63, 3.8) is 0 Å². The van der Waals surface area contributed by atoms with Crippen LogP contribution in [0.1, 0.15) is 28.0 Å². The topological polar surface area (TPSA) is 32.9 Å². The van der Waals surface area contributed by atoms with Crippen molar-refractivity contribution in [2.75, 3.05) is 0 Å². The second-order valence-corrected chi connectivity index (χ2v) is 5.45. The number of nitrogens with one attached hydrogen (secondary N) is 1. The van der Waals surface area contributed by atoms with Crippen LogP contribution >= 0.6 is 0 Å². The van der Waals surface area contributed by atoms with Gasteiger partial charge in [-0.05, 0) is 37.5 Å². The van der Waals surface area contributed by atoms with Crippen molar-refractivity contribution in [2.24, 2.45) is 0 Å². The summed E-state index contributed by atoms with van der Waals surface area (Å²) in [6, 6.07) is 17.7. The van der Waals surface area contributed by atoms with Crippen molar-refractivity contribution in [2.45, 2.75) is 19.8 Å². The average Bonchev–Trinajstić information content (AvgIpc) is 2.89. The molecule has 0 unspecified atom stereocenters. The predicted octanol–water partition coefficient (Wildman–Crippen LogP) is 4.85. The lowest BCUT2D eigenvalue weighted by Crippen LogP contribution is -1.93. The van der Waals surface area contributed by atoms with E-state index >= 15 is 0 Å². The number of allylic oxidation sites excluding steroid dienone is 2. The minimum Gasteiger partial charge on any atom is -0.358 e. The van der Waals surface area contributed by atoms with Crippen molar-refractivity contribution < 1.29 is 4.79 Å². The summed E-state index contributed by atoms with van der Waals surface area (Å²) in [6.07, 6.45) is 5.40. The standard InChI is InChI=1S/C20H19NO/c1-15-17-11-5-6-13-19(17)21-18(15)12-7-8-14-20(22)16-9-3-2-4-10-16/h2-6,8-11,13-14,21H,7,12H2,1H3/b14-8+. The van der Waals surface area contributed by atoms with Crippen molar-refractivity contribution in [1.29, 1.82) is 0 Å². The van der Waals surface area contributed by atoms with Gasteiger partial charge in [0.05, 0.1) is 0 Å². The molecule has 0 saturated heterocycles. The Labute approximate surface area is 130 Å². The van der Waals surface area contributed by atoms with Gasteiger partial charge in [0.2, 0.25) is 0 Å². The van der Waals surface area contributed by atoms with Crippen LogP contribution in [0.3, 0.4) is 0 Å². The number of carbonyl (C=O) groups excluding carboxylic acids is 1. The fourth-order valence-corrected chi connectivity index (χ4v) is 2.70. The third-order valence-electron chi connectivity index (χ3n) is 3.96. The normalized spacial score (nSPS) is 11.3. The van der Waals surface area contributed by atoms with Crippen LogP contribution in [0.25, 0.3) is 10.9 Å². The van der Waals surface area contributed by atoms with E-state index in [4.69, 9.17) is 0 Å². The Balaban J connectivity index is 1.64. The fraction of sp³-hybridized carbons (Fsp3) is 0.150. The molecule has 110 valence electrons. The van der Waals surface area contributed by atoms with Gasteiger partial charge in [-0.2, -0.15) is 0 Å². The number of hydrogen-bond acceptors (Lipinski definition) is 1. The zero-order valence-corrected chi connectivity index (χ0v) is 12.7. The van der Waals surface area contributed by atoms with Gasteiger partial charge < -0.3 is 4.98 Å². The molecule has 1 N–H and O–H groups in total. The smallest absolute Gasteiger partial charge is 0.185 e. The van der Waals surface area contributed by atoms with Gasteiger partial charge in [0, 0.05) is 22.2 Å². The number of fused-ring (bicyclic) bond motifs is 1. The second kappa shape index (κ2) is 6.44. The van der Waals surface area contributed by atoms with Gasteiger partial charge in [0.15, 0.2) is 5.78 Å². The molecule has 0 radical (unpaired) electrons. The quantitative estimate of drug-likeness (QED) is 0.528. The Hall–Kier alpha value is -2.61. The molecule has 0 aliphatic rings. The van der Waals surface area contributed by atoms with Gasteiger partial charge in [0.25, 0.3) is 0 Å². The van der Waals surface area contributed by atoms with Gasteiger partial charge in [-0.25, -0.2) is 0 Å². The number of carbonyl (C=O) groups is 1. The number of aromatic amines is 1. The molecule has 0 bridgehead atoms. The first-order valence-corrected chi connectivity index (χ1v) is 7.58. The Morgan fingerprint density at radius 3 is 2.55 bits per heavy atom. The fourth-order valence-electron chi connectivity index (χ4n) is 2.70. The Morgan fingerprint density at radius 1 is 1.05 bits per heavy atom. The Kier molecular flexibility index (Phi) is 4.19. The number of ketones is 1. The molecule has 2 nitrogen and oxygen atoms in total. The number of aromatic nitrogens is 1. The van der Waals surface area contributed by atoms with Crippen molar-refractivity contribution >= 4 is 16.7 Å². The van der Waals surface area contributed by atoms with Gasteiger partial charge in [0.1, 0.15) is 0 Å². The van der Waals surface area contributed by atoms with E-state index < -0.39 is 0 Å². The first-order chi connectivity index (χ1) is 10.8. The van der Waals surface area contributed by atoms with Crippen molar-refractivity contribution in [3.05, 3.63) is 83.6 Å². The highest BCUT2D eigenvalue weighted by Gasteiger charge is 2.05. The van der Waals surface area contributed by atoms with Crippen LogP contribution in [0, 0.1) is 6.92 Å².